The first-order chi connectivity index (χ1) is 4.56. The van der Waals surface area contributed by atoms with E-state index in [1.807, 2.05) is 0 Å². The van der Waals surface area contributed by atoms with Crippen molar-refractivity contribution >= 4 is 5.97 Å². The highest BCUT2D eigenvalue weighted by Crippen LogP contribution is 2.33. The van der Waals surface area contributed by atoms with Crippen molar-refractivity contribution in [2.75, 3.05) is 0 Å². The lowest BCUT2D eigenvalue weighted by Gasteiger charge is -1.95. The Labute approximate surface area is 58.1 Å². The van der Waals surface area contributed by atoms with Gasteiger partial charge in [-0.2, -0.15) is 0 Å². The van der Waals surface area contributed by atoms with Crippen molar-refractivity contribution in [2.24, 2.45) is 0 Å². The van der Waals surface area contributed by atoms with Gasteiger partial charge in [-0.1, -0.05) is 6.58 Å². The summed E-state index contributed by atoms with van der Waals surface area (Å²) in [5, 5.41) is 8.90. The van der Waals surface area contributed by atoms with E-state index < -0.39 is 18.0 Å². The minimum atomic E-state index is -1.29. The summed E-state index contributed by atoms with van der Waals surface area (Å²) in [5.41, 5.74) is 0. The summed E-state index contributed by atoms with van der Waals surface area (Å²) in [6, 6.07) is 0. The monoisotopic (exact) mass is 144 g/mol. The van der Waals surface area contributed by atoms with E-state index in [2.05, 4.69) is 16.1 Å². The Morgan fingerprint density at radius 1 is 2.00 bits per heavy atom. The van der Waals surface area contributed by atoms with Gasteiger partial charge in [0.2, 0.25) is 5.79 Å². The maximum atomic E-state index is 10.4. The second-order valence-corrected chi connectivity index (χ2v) is 2.15. The van der Waals surface area contributed by atoms with Crippen LogP contribution in [-0.4, -0.2) is 23.2 Å². The molecule has 56 valence electrons. The minimum Gasteiger partial charge on any atom is -0.426 e. The molecule has 1 rings (SSSR count). The summed E-state index contributed by atoms with van der Waals surface area (Å²) < 4.78 is 9.04. The molecule has 0 aliphatic carbocycles. The first-order valence-corrected chi connectivity index (χ1v) is 2.79. The van der Waals surface area contributed by atoms with E-state index in [1.54, 1.807) is 0 Å². The molecule has 0 aromatic rings. The lowest BCUT2D eigenvalue weighted by molar-refractivity contribution is -0.143. The predicted octanol–water partition coefficient (Wildman–Crippen LogP) is -0.220. The van der Waals surface area contributed by atoms with Gasteiger partial charge < -0.3 is 9.84 Å². The molecule has 1 saturated heterocycles. The molecule has 2 atom stereocenters. The molecule has 0 aromatic heterocycles. The van der Waals surface area contributed by atoms with Gasteiger partial charge in [0.25, 0.3) is 6.29 Å². The van der Waals surface area contributed by atoms with Crippen molar-refractivity contribution in [1.82, 2.24) is 0 Å². The van der Waals surface area contributed by atoms with Crippen LogP contribution < -0.4 is 0 Å². The van der Waals surface area contributed by atoms with Crippen LogP contribution in [0.4, 0.5) is 0 Å². The molecule has 4 heteroatoms. The number of hydrogen-bond acceptors (Lipinski definition) is 4. The van der Waals surface area contributed by atoms with Crippen LogP contribution in [0.1, 0.15) is 6.92 Å². The molecule has 0 spiro atoms. The molecule has 1 aliphatic rings. The van der Waals surface area contributed by atoms with Gasteiger partial charge >= 0.3 is 5.97 Å². The molecule has 0 saturated carbocycles. The van der Waals surface area contributed by atoms with Crippen molar-refractivity contribution in [3.63, 3.8) is 0 Å². The van der Waals surface area contributed by atoms with Crippen LogP contribution in [-0.2, 0) is 14.3 Å². The van der Waals surface area contributed by atoms with E-state index in [-0.39, 0.29) is 0 Å². The molecule has 10 heavy (non-hydrogen) atoms. The third kappa shape index (κ3) is 1.34. The molecular weight excluding hydrogens is 136 g/mol. The van der Waals surface area contributed by atoms with Crippen LogP contribution in [0.5, 0.6) is 0 Å². The summed E-state index contributed by atoms with van der Waals surface area (Å²) in [6.07, 6.45) is 0.190. The molecular formula is C6H8O4. The van der Waals surface area contributed by atoms with Gasteiger partial charge in [0.15, 0.2) is 0 Å². The minimum absolute atomic E-state index is 0.595. The van der Waals surface area contributed by atoms with E-state index in [4.69, 9.17) is 5.11 Å². The molecule has 0 bridgehead atoms. The topological polar surface area (TPSA) is 59.1 Å². The molecule has 0 amide bonds. The molecule has 1 heterocycles. The summed E-state index contributed by atoms with van der Waals surface area (Å²) in [4.78, 5) is 10.4. The van der Waals surface area contributed by atoms with Gasteiger partial charge in [-0.05, 0) is 6.92 Å². The van der Waals surface area contributed by atoms with Gasteiger partial charge in [-0.3, -0.25) is 4.74 Å². The normalized spacial score (nSPS) is 36.8. The van der Waals surface area contributed by atoms with E-state index in [9.17, 15) is 4.79 Å². The zero-order valence-electron chi connectivity index (χ0n) is 5.53. The second kappa shape index (κ2) is 2.07. The average molecular weight is 144 g/mol. The number of hydrogen-bond donors (Lipinski definition) is 1. The molecule has 0 radical (unpaired) electrons. The van der Waals surface area contributed by atoms with E-state index in [1.165, 1.54) is 6.92 Å². The quantitative estimate of drug-likeness (QED) is 0.330. The fourth-order valence-corrected chi connectivity index (χ4v) is 0.470. The van der Waals surface area contributed by atoms with Gasteiger partial charge in [-0.15, -0.1) is 0 Å². The summed E-state index contributed by atoms with van der Waals surface area (Å²) in [5.74, 6) is -1.89. The largest absolute Gasteiger partial charge is 0.426 e. The number of carbonyl (C=O) groups excluding carboxylic acids is 1. The van der Waals surface area contributed by atoms with E-state index >= 15 is 0 Å². The van der Waals surface area contributed by atoms with Crippen molar-refractivity contribution in [2.45, 2.75) is 19.0 Å². The van der Waals surface area contributed by atoms with Gasteiger partial charge in [0.1, 0.15) is 0 Å². The van der Waals surface area contributed by atoms with Crippen LogP contribution in [0.2, 0.25) is 0 Å². The van der Waals surface area contributed by atoms with Crippen molar-refractivity contribution < 1.29 is 19.4 Å². The lowest BCUT2D eigenvalue weighted by Crippen LogP contribution is -2.13. The Balaban J connectivity index is 2.30. The SMILES string of the molecule is C=CC(=O)OC1OC1(C)O. The van der Waals surface area contributed by atoms with E-state index in [0.717, 1.165) is 6.08 Å². The standard InChI is InChI=1S/C6H8O4/c1-3-4(7)9-5-6(2,8)10-5/h3,5,8H,1H2,2H3. The molecule has 1 N–H and O–H groups in total. The molecule has 2 unspecified atom stereocenters. The Bertz CT molecular complexity index is 173. The third-order valence-corrected chi connectivity index (χ3v) is 1.12. The average Bonchev–Trinajstić information content (AvgIpc) is 2.40. The molecule has 4 nitrogen and oxygen atoms in total. The highest BCUT2D eigenvalue weighted by Gasteiger charge is 2.54. The first kappa shape index (κ1) is 7.24. The van der Waals surface area contributed by atoms with Crippen LogP contribution in [0.25, 0.3) is 0 Å². The van der Waals surface area contributed by atoms with Crippen LogP contribution >= 0.6 is 0 Å². The molecule has 1 aliphatic heterocycles. The maximum absolute atomic E-state index is 10.4. The molecule has 1 fully saturated rings. The fourth-order valence-electron chi connectivity index (χ4n) is 0.470. The second-order valence-electron chi connectivity index (χ2n) is 2.15. The third-order valence-electron chi connectivity index (χ3n) is 1.12. The van der Waals surface area contributed by atoms with Gasteiger partial charge in [-0.25, -0.2) is 4.79 Å². The predicted molar refractivity (Wildman–Crippen MR) is 31.8 cm³/mol. The Morgan fingerprint density at radius 2 is 2.50 bits per heavy atom. The first-order valence-electron chi connectivity index (χ1n) is 2.79. The Kier molecular flexibility index (Phi) is 1.50. The smallest absolute Gasteiger partial charge is 0.332 e. The number of aliphatic hydroxyl groups is 1. The van der Waals surface area contributed by atoms with Crippen molar-refractivity contribution in [1.29, 1.82) is 0 Å². The fraction of sp³-hybridized carbons (Fsp3) is 0.500. The highest BCUT2D eigenvalue weighted by atomic mass is 16.9. The number of rotatable bonds is 2. The maximum Gasteiger partial charge on any atom is 0.332 e. The zero-order valence-corrected chi connectivity index (χ0v) is 5.53. The van der Waals surface area contributed by atoms with Crippen LogP contribution in [0.3, 0.4) is 0 Å². The van der Waals surface area contributed by atoms with Crippen molar-refractivity contribution in [3.8, 4) is 0 Å². The number of epoxide rings is 1. The summed E-state index contributed by atoms with van der Waals surface area (Å²) >= 11 is 0. The Hall–Kier alpha value is -0.870. The number of carbonyl (C=O) groups is 1. The lowest BCUT2D eigenvalue weighted by atomic mass is 10.4. The van der Waals surface area contributed by atoms with Crippen LogP contribution in [0.15, 0.2) is 12.7 Å². The van der Waals surface area contributed by atoms with Crippen LogP contribution in [0, 0.1) is 0 Å². The summed E-state index contributed by atoms with van der Waals surface area (Å²) in [6.45, 7) is 4.59. The van der Waals surface area contributed by atoms with Crippen molar-refractivity contribution in [3.05, 3.63) is 12.7 Å². The number of esters is 1. The van der Waals surface area contributed by atoms with E-state index in [0.29, 0.717) is 0 Å². The Morgan fingerprint density at radius 3 is 2.80 bits per heavy atom. The number of ether oxygens (including phenoxy) is 2. The summed E-state index contributed by atoms with van der Waals surface area (Å²) in [7, 11) is 0. The van der Waals surface area contributed by atoms with Gasteiger partial charge in [0, 0.05) is 6.08 Å². The molecule has 0 aromatic carbocycles. The van der Waals surface area contributed by atoms with Gasteiger partial charge in [0.05, 0.1) is 0 Å². The zero-order chi connectivity index (χ0) is 7.78. The highest BCUT2D eigenvalue weighted by molar-refractivity contribution is 5.81.